The number of rotatable bonds is 4. The fraction of sp³-hybridized carbons (Fsp3) is 0.333. The van der Waals surface area contributed by atoms with Gasteiger partial charge >= 0.3 is 0 Å². The Balaban J connectivity index is 2.37. The minimum Gasteiger partial charge on any atom is -0.156 e. The summed E-state index contributed by atoms with van der Waals surface area (Å²) in [4.78, 5) is 0. The van der Waals surface area contributed by atoms with Gasteiger partial charge in [0.25, 0.3) is 0 Å². The fourth-order valence-corrected chi connectivity index (χ4v) is 1.96. The van der Waals surface area contributed by atoms with Crippen LogP contribution in [0.2, 0.25) is 5.02 Å². The molecule has 0 saturated heterocycles. The van der Waals surface area contributed by atoms with Crippen LogP contribution in [0.15, 0.2) is 24.3 Å². The first-order valence-electron chi connectivity index (χ1n) is 3.71. The van der Waals surface area contributed by atoms with Crippen molar-refractivity contribution in [3.05, 3.63) is 34.9 Å². The molecule has 0 nitrogen and oxygen atoms in total. The van der Waals surface area contributed by atoms with Crippen molar-refractivity contribution in [1.82, 2.24) is 0 Å². The summed E-state index contributed by atoms with van der Waals surface area (Å²) < 4.78 is 0. The van der Waals surface area contributed by atoms with Crippen LogP contribution in [0.1, 0.15) is 5.56 Å². The third-order valence-electron chi connectivity index (χ3n) is 1.40. The molecule has 0 aliphatic heterocycles. The minimum absolute atomic E-state index is 0.720. The molecule has 1 aromatic rings. The summed E-state index contributed by atoms with van der Waals surface area (Å²) >= 11 is 13.1. The summed E-state index contributed by atoms with van der Waals surface area (Å²) in [5, 5.41) is 0.793. The van der Waals surface area contributed by atoms with E-state index < -0.39 is 0 Å². The van der Waals surface area contributed by atoms with E-state index in [0.29, 0.717) is 0 Å². The summed E-state index contributed by atoms with van der Waals surface area (Å²) in [5.74, 6) is 2.74. The van der Waals surface area contributed by atoms with E-state index in [-0.39, 0.29) is 0 Å². The third-order valence-corrected chi connectivity index (χ3v) is 3.10. The molecule has 0 aromatic heterocycles. The van der Waals surface area contributed by atoms with Crippen LogP contribution >= 0.6 is 35.0 Å². The minimum atomic E-state index is 0.720. The molecule has 0 aliphatic rings. The highest BCUT2D eigenvalue weighted by Crippen LogP contribution is 2.15. The van der Waals surface area contributed by atoms with E-state index in [0.717, 1.165) is 22.4 Å². The lowest BCUT2D eigenvalue weighted by Gasteiger charge is -1.99. The average molecular weight is 221 g/mol. The molecule has 3 heteroatoms. The molecule has 0 heterocycles. The Bertz CT molecular complexity index is 220. The second-order valence-corrected chi connectivity index (χ2v) is 4.29. The molecule has 1 aromatic carbocycles. The van der Waals surface area contributed by atoms with Gasteiger partial charge in [0.2, 0.25) is 0 Å². The zero-order valence-corrected chi connectivity index (χ0v) is 8.92. The maximum absolute atomic E-state index is 5.75. The van der Waals surface area contributed by atoms with Gasteiger partial charge in [-0.2, -0.15) is 11.8 Å². The van der Waals surface area contributed by atoms with E-state index in [9.17, 15) is 0 Å². The molecule has 12 heavy (non-hydrogen) atoms. The standard InChI is InChI=1S/C9H10Cl2S/c10-5-6-12-7-8-1-3-9(11)4-2-8/h1-4H,5-7H2. The lowest BCUT2D eigenvalue weighted by Crippen LogP contribution is -1.83. The summed E-state index contributed by atoms with van der Waals surface area (Å²) in [6.45, 7) is 0. The molecule has 0 saturated carbocycles. The van der Waals surface area contributed by atoms with Crippen molar-refractivity contribution in [1.29, 1.82) is 0 Å². The van der Waals surface area contributed by atoms with Crippen LogP contribution in [-0.4, -0.2) is 11.6 Å². The molecular weight excluding hydrogens is 211 g/mol. The molecule has 0 radical (unpaired) electrons. The van der Waals surface area contributed by atoms with Crippen molar-refractivity contribution in [2.75, 3.05) is 11.6 Å². The van der Waals surface area contributed by atoms with E-state index in [1.165, 1.54) is 5.56 Å². The molecule has 0 amide bonds. The van der Waals surface area contributed by atoms with Gasteiger partial charge in [0.15, 0.2) is 0 Å². The van der Waals surface area contributed by atoms with Crippen LogP contribution in [0.25, 0.3) is 0 Å². The van der Waals surface area contributed by atoms with Crippen molar-refractivity contribution in [2.24, 2.45) is 0 Å². The molecule has 0 fully saturated rings. The maximum Gasteiger partial charge on any atom is 0.0406 e. The Morgan fingerprint density at radius 1 is 1.17 bits per heavy atom. The Hall–Kier alpha value is 0.150. The van der Waals surface area contributed by atoms with Gasteiger partial charge < -0.3 is 0 Å². The van der Waals surface area contributed by atoms with Crippen molar-refractivity contribution >= 4 is 35.0 Å². The van der Waals surface area contributed by atoms with Crippen LogP contribution in [0, 0.1) is 0 Å². The molecule has 0 spiro atoms. The molecule has 0 aliphatic carbocycles. The van der Waals surface area contributed by atoms with Crippen molar-refractivity contribution in [2.45, 2.75) is 5.75 Å². The van der Waals surface area contributed by atoms with Gasteiger partial charge in [0.1, 0.15) is 0 Å². The van der Waals surface area contributed by atoms with Crippen molar-refractivity contribution < 1.29 is 0 Å². The Kier molecular flexibility index (Phi) is 4.89. The van der Waals surface area contributed by atoms with Gasteiger partial charge in [-0.05, 0) is 17.7 Å². The zero-order valence-electron chi connectivity index (χ0n) is 6.59. The van der Waals surface area contributed by atoms with Gasteiger partial charge in [-0.25, -0.2) is 0 Å². The summed E-state index contributed by atoms with van der Waals surface area (Å²) in [6.07, 6.45) is 0. The number of benzene rings is 1. The predicted molar refractivity (Wildman–Crippen MR) is 58.3 cm³/mol. The Morgan fingerprint density at radius 2 is 1.83 bits per heavy atom. The number of thioether (sulfide) groups is 1. The third kappa shape index (κ3) is 3.70. The Morgan fingerprint density at radius 3 is 2.42 bits per heavy atom. The number of halogens is 2. The van der Waals surface area contributed by atoms with E-state index in [2.05, 4.69) is 0 Å². The monoisotopic (exact) mass is 220 g/mol. The van der Waals surface area contributed by atoms with E-state index in [1.807, 2.05) is 36.0 Å². The molecule has 0 bridgehead atoms. The van der Waals surface area contributed by atoms with E-state index >= 15 is 0 Å². The fourth-order valence-electron chi connectivity index (χ4n) is 0.825. The normalized spacial score (nSPS) is 10.2. The first-order valence-corrected chi connectivity index (χ1v) is 5.78. The maximum atomic E-state index is 5.75. The molecule has 1 rings (SSSR count). The second kappa shape index (κ2) is 5.74. The second-order valence-electron chi connectivity index (χ2n) is 2.37. The molecule has 0 N–H and O–H groups in total. The lowest BCUT2D eigenvalue weighted by atomic mass is 10.2. The largest absolute Gasteiger partial charge is 0.156 e. The van der Waals surface area contributed by atoms with Gasteiger partial charge in [-0.3, -0.25) is 0 Å². The highest BCUT2D eigenvalue weighted by Gasteiger charge is 1.92. The average Bonchev–Trinajstić information content (AvgIpc) is 2.09. The number of hydrogen-bond acceptors (Lipinski definition) is 1. The predicted octanol–water partition coefficient (Wildman–Crippen LogP) is 3.81. The summed E-state index contributed by atoms with van der Waals surface area (Å²) in [5.41, 5.74) is 1.30. The molecule has 66 valence electrons. The van der Waals surface area contributed by atoms with E-state index in [4.69, 9.17) is 23.2 Å². The van der Waals surface area contributed by atoms with E-state index in [1.54, 1.807) is 0 Å². The number of hydrogen-bond donors (Lipinski definition) is 0. The first kappa shape index (κ1) is 10.2. The van der Waals surface area contributed by atoms with Crippen LogP contribution in [-0.2, 0) is 5.75 Å². The smallest absolute Gasteiger partial charge is 0.0406 e. The van der Waals surface area contributed by atoms with Crippen LogP contribution in [0.4, 0.5) is 0 Å². The highest BCUT2D eigenvalue weighted by molar-refractivity contribution is 7.98. The first-order chi connectivity index (χ1) is 5.83. The zero-order chi connectivity index (χ0) is 8.81. The van der Waals surface area contributed by atoms with Crippen molar-refractivity contribution in [3.63, 3.8) is 0 Å². The van der Waals surface area contributed by atoms with Gasteiger partial charge in [0.05, 0.1) is 0 Å². The highest BCUT2D eigenvalue weighted by atomic mass is 35.5. The molecule has 0 atom stereocenters. The van der Waals surface area contributed by atoms with Crippen molar-refractivity contribution in [3.8, 4) is 0 Å². The van der Waals surface area contributed by atoms with Gasteiger partial charge in [-0.1, -0.05) is 23.7 Å². The molecular formula is C9H10Cl2S. The molecule has 0 unspecified atom stereocenters. The van der Waals surface area contributed by atoms with Gasteiger partial charge in [-0.15, -0.1) is 11.6 Å². The van der Waals surface area contributed by atoms with Gasteiger partial charge in [0, 0.05) is 22.4 Å². The SMILES string of the molecule is ClCCSCc1ccc(Cl)cc1. The van der Waals surface area contributed by atoms with Crippen LogP contribution < -0.4 is 0 Å². The summed E-state index contributed by atoms with van der Waals surface area (Å²) in [6, 6.07) is 7.92. The Labute approximate surface area is 87.3 Å². The summed E-state index contributed by atoms with van der Waals surface area (Å²) in [7, 11) is 0. The topological polar surface area (TPSA) is 0 Å². The number of alkyl halides is 1. The lowest BCUT2D eigenvalue weighted by molar-refractivity contribution is 1.40. The van der Waals surface area contributed by atoms with Crippen LogP contribution in [0.5, 0.6) is 0 Å². The quantitative estimate of drug-likeness (QED) is 0.550. The van der Waals surface area contributed by atoms with Crippen LogP contribution in [0.3, 0.4) is 0 Å².